The van der Waals surface area contributed by atoms with Gasteiger partial charge in [-0.1, -0.05) is 17.4 Å². The molecule has 1 aliphatic rings. The lowest BCUT2D eigenvalue weighted by Crippen LogP contribution is -2.42. The lowest BCUT2D eigenvalue weighted by molar-refractivity contribution is -0.137. The van der Waals surface area contributed by atoms with Gasteiger partial charge in [0.05, 0.1) is 31.4 Å². The summed E-state index contributed by atoms with van der Waals surface area (Å²) in [5.74, 6) is 1.33. The summed E-state index contributed by atoms with van der Waals surface area (Å²) in [6, 6.07) is 8.41. The van der Waals surface area contributed by atoms with Gasteiger partial charge in [0, 0.05) is 5.69 Å². The number of thiazole rings is 1. The van der Waals surface area contributed by atoms with Crippen LogP contribution in [0.3, 0.4) is 0 Å². The van der Waals surface area contributed by atoms with Crippen molar-refractivity contribution >= 4 is 23.1 Å². The van der Waals surface area contributed by atoms with Crippen LogP contribution in [0.25, 0.3) is 6.08 Å². The lowest BCUT2D eigenvalue weighted by atomic mass is 10.1. The molecule has 0 amide bonds. The fourth-order valence-corrected chi connectivity index (χ4v) is 4.45. The number of nitrogens with zero attached hydrogens (tertiary/aromatic N) is 3. The molecule has 0 bridgehead atoms. The van der Waals surface area contributed by atoms with Gasteiger partial charge in [-0.05, 0) is 42.0 Å². The van der Waals surface area contributed by atoms with Gasteiger partial charge in [0.2, 0.25) is 5.75 Å². The topological polar surface area (TPSA) is 65.3 Å². The summed E-state index contributed by atoms with van der Waals surface area (Å²) in [5.41, 5.74) is -0.0351. The molecule has 0 fully saturated rings. The molecule has 33 heavy (non-hydrogen) atoms. The molecule has 2 aromatic carbocycles. The highest BCUT2D eigenvalue weighted by atomic mass is 32.1. The zero-order chi connectivity index (χ0) is 23.8. The predicted molar refractivity (Wildman–Crippen MR) is 118 cm³/mol. The summed E-state index contributed by atoms with van der Waals surface area (Å²) < 4.78 is 57.1. The third-order valence-corrected chi connectivity index (χ3v) is 6.14. The minimum atomic E-state index is -4.45. The molecule has 0 spiro atoms. The Kier molecular flexibility index (Phi) is 6.07. The second-order valence-corrected chi connectivity index (χ2v) is 8.12. The van der Waals surface area contributed by atoms with E-state index in [-0.39, 0.29) is 18.9 Å². The van der Waals surface area contributed by atoms with Crippen LogP contribution in [0.15, 0.2) is 46.2 Å². The molecule has 0 unspecified atom stereocenters. The Bertz CT molecular complexity index is 1340. The van der Waals surface area contributed by atoms with Gasteiger partial charge in [0.25, 0.3) is 5.56 Å². The number of hydrogen-bond acceptors (Lipinski definition) is 7. The Morgan fingerprint density at radius 2 is 1.76 bits per heavy atom. The summed E-state index contributed by atoms with van der Waals surface area (Å²) in [6.45, 7) is 0.240. The van der Waals surface area contributed by atoms with E-state index in [1.54, 1.807) is 29.2 Å². The molecule has 174 valence electrons. The van der Waals surface area contributed by atoms with Crippen molar-refractivity contribution in [2.45, 2.75) is 12.8 Å². The molecule has 11 heteroatoms. The molecule has 2 heterocycles. The van der Waals surface area contributed by atoms with E-state index in [1.807, 2.05) is 0 Å². The average Bonchev–Trinajstić information content (AvgIpc) is 3.12. The van der Waals surface area contributed by atoms with Crippen LogP contribution in [0.4, 0.5) is 18.9 Å². The molecule has 0 aliphatic carbocycles. The second-order valence-electron chi connectivity index (χ2n) is 7.11. The summed E-state index contributed by atoms with van der Waals surface area (Å²) in [7, 11) is 4.50. The van der Waals surface area contributed by atoms with Gasteiger partial charge in [-0.2, -0.15) is 13.2 Å². The lowest BCUT2D eigenvalue weighted by Gasteiger charge is -2.26. The molecule has 0 saturated carbocycles. The van der Waals surface area contributed by atoms with Crippen LogP contribution in [-0.2, 0) is 12.8 Å². The van der Waals surface area contributed by atoms with Crippen LogP contribution in [0.1, 0.15) is 11.1 Å². The quantitative estimate of drug-likeness (QED) is 0.563. The van der Waals surface area contributed by atoms with Gasteiger partial charge in [0.1, 0.15) is 13.3 Å². The van der Waals surface area contributed by atoms with E-state index in [1.165, 1.54) is 43.3 Å². The Labute approximate surface area is 190 Å². The second kappa shape index (κ2) is 8.81. The van der Waals surface area contributed by atoms with Crippen LogP contribution in [0.5, 0.6) is 17.2 Å². The molecule has 1 aliphatic heterocycles. The predicted octanol–water partition coefficient (Wildman–Crippen LogP) is 2.84. The number of halogens is 3. The largest absolute Gasteiger partial charge is 0.493 e. The average molecular weight is 479 g/mol. The van der Waals surface area contributed by atoms with Gasteiger partial charge < -0.3 is 19.1 Å². The van der Waals surface area contributed by atoms with E-state index in [4.69, 9.17) is 14.2 Å². The summed E-state index contributed by atoms with van der Waals surface area (Å²) in [6.07, 6.45) is -2.76. The van der Waals surface area contributed by atoms with E-state index in [9.17, 15) is 18.0 Å². The monoisotopic (exact) mass is 479 g/mol. The highest BCUT2D eigenvalue weighted by Gasteiger charge is 2.31. The van der Waals surface area contributed by atoms with Crippen molar-refractivity contribution in [2.24, 2.45) is 4.99 Å². The van der Waals surface area contributed by atoms with E-state index >= 15 is 0 Å². The maximum Gasteiger partial charge on any atom is 0.416 e. The first-order valence-electron chi connectivity index (χ1n) is 9.73. The van der Waals surface area contributed by atoms with Crippen LogP contribution in [0.2, 0.25) is 0 Å². The first-order valence-corrected chi connectivity index (χ1v) is 10.5. The van der Waals surface area contributed by atoms with Crippen molar-refractivity contribution in [1.29, 1.82) is 0 Å². The maximum absolute atomic E-state index is 13.1. The molecule has 7 nitrogen and oxygen atoms in total. The summed E-state index contributed by atoms with van der Waals surface area (Å²) in [4.78, 5) is 19.6. The molecule has 0 saturated heterocycles. The van der Waals surface area contributed by atoms with Crippen molar-refractivity contribution in [1.82, 2.24) is 4.57 Å². The highest BCUT2D eigenvalue weighted by molar-refractivity contribution is 7.07. The first-order chi connectivity index (χ1) is 15.7. The smallest absolute Gasteiger partial charge is 0.416 e. The standard InChI is InChI=1S/C22H20F3N3O4S/c1-30-16-7-13(8-17(31-2)19(16)32-3)9-18-20(29)28-12-27(11-26-21(28)33-18)15-6-4-5-14(10-15)22(23,24)25/h4-10H,11-12H2,1-3H3. The Morgan fingerprint density at radius 3 is 2.36 bits per heavy atom. The fourth-order valence-electron chi connectivity index (χ4n) is 3.49. The van der Waals surface area contributed by atoms with E-state index in [0.717, 1.165) is 12.1 Å². The molecule has 3 aromatic rings. The van der Waals surface area contributed by atoms with Gasteiger partial charge in [-0.3, -0.25) is 9.36 Å². The fraction of sp³-hybridized carbons (Fsp3) is 0.273. The number of methoxy groups -OCH3 is 3. The number of anilines is 1. The van der Waals surface area contributed by atoms with Crippen molar-refractivity contribution < 1.29 is 27.4 Å². The molecule has 0 radical (unpaired) electrons. The Morgan fingerprint density at radius 1 is 1.06 bits per heavy atom. The number of aromatic nitrogens is 1. The van der Waals surface area contributed by atoms with E-state index < -0.39 is 11.7 Å². The SMILES string of the molecule is COc1cc(C=c2sc3n(c2=O)CN(c2cccc(C(F)(F)F)c2)CN=3)cc(OC)c1OC. The van der Waals surface area contributed by atoms with Crippen molar-refractivity contribution in [2.75, 3.05) is 32.9 Å². The van der Waals surface area contributed by atoms with E-state index in [2.05, 4.69) is 4.99 Å². The molecule has 1 aromatic heterocycles. The molecular formula is C22H20F3N3O4S. The van der Waals surface area contributed by atoms with Crippen LogP contribution in [0, 0.1) is 0 Å². The molecular weight excluding hydrogens is 459 g/mol. The third-order valence-electron chi connectivity index (χ3n) is 5.10. The number of rotatable bonds is 5. The first kappa shape index (κ1) is 22.7. The molecule has 0 N–H and O–H groups in total. The minimum Gasteiger partial charge on any atom is -0.493 e. The van der Waals surface area contributed by atoms with Gasteiger partial charge in [0.15, 0.2) is 16.3 Å². The zero-order valence-electron chi connectivity index (χ0n) is 18.0. The van der Waals surface area contributed by atoms with Gasteiger partial charge >= 0.3 is 6.18 Å². The maximum atomic E-state index is 13.1. The number of alkyl halides is 3. The summed E-state index contributed by atoms with van der Waals surface area (Å²) >= 11 is 1.21. The normalized spacial score (nSPS) is 14.0. The number of fused-ring (bicyclic) bond motifs is 1. The molecule has 0 atom stereocenters. The number of benzene rings is 2. The summed E-state index contributed by atoms with van der Waals surface area (Å²) in [5, 5.41) is 0. The van der Waals surface area contributed by atoms with Crippen LogP contribution in [-0.4, -0.2) is 32.6 Å². The minimum absolute atomic E-state index is 0.0958. The number of ether oxygens (including phenoxy) is 3. The highest BCUT2D eigenvalue weighted by Crippen LogP contribution is 2.38. The number of hydrogen-bond donors (Lipinski definition) is 0. The van der Waals surface area contributed by atoms with E-state index in [0.29, 0.717) is 37.8 Å². The van der Waals surface area contributed by atoms with Gasteiger partial charge in [-0.15, -0.1) is 0 Å². The van der Waals surface area contributed by atoms with Gasteiger partial charge in [-0.25, -0.2) is 4.99 Å². The zero-order valence-corrected chi connectivity index (χ0v) is 18.8. The van der Waals surface area contributed by atoms with Crippen molar-refractivity contribution in [3.63, 3.8) is 0 Å². The molecule has 4 rings (SSSR count). The van der Waals surface area contributed by atoms with Crippen LogP contribution < -0.4 is 34.0 Å². The Balaban J connectivity index is 1.71. The third kappa shape index (κ3) is 4.40. The Hall–Kier alpha value is -3.47. The van der Waals surface area contributed by atoms with Crippen molar-refractivity contribution in [3.05, 3.63) is 67.2 Å². The van der Waals surface area contributed by atoms with Crippen molar-refractivity contribution in [3.8, 4) is 17.2 Å². The van der Waals surface area contributed by atoms with Crippen LogP contribution >= 0.6 is 11.3 Å².